The van der Waals surface area contributed by atoms with Gasteiger partial charge < -0.3 is 5.32 Å². The zero-order chi connectivity index (χ0) is 9.97. The zero-order valence-corrected chi connectivity index (χ0v) is 9.19. The highest BCUT2D eigenvalue weighted by Crippen LogP contribution is 2.26. The second kappa shape index (κ2) is 3.98. The van der Waals surface area contributed by atoms with E-state index in [9.17, 15) is 0 Å². The van der Waals surface area contributed by atoms with Gasteiger partial charge in [0.25, 0.3) is 0 Å². The third kappa shape index (κ3) is 1.89. The van der Waals surface area contributed by atoms with Crippen LogP contribution in [-0.4, -0.2) is 4.98 Å². The maximum atomic E-state index is 6.00. The van der Waals surface area contributed by atoms with Gasteiger partial charge in [0.1, 0.15) is 0 Å². The minimum absolute atomic E-state index is 0.770. The lowest BCUT2D eigenvalue weighted by molar-refractivity contribution is 1.37. The molecule has 1 N–H and O–H groups in total. The van der Waals surface area contributed by atoms with Gasteiger partial charge >= 0.3 is 0 Å². The van der Waals surface area contributed by atoms with Gasteiger partial charge in [-0.3, -0.25) is 0 Å². The van der Waals surface area contributed by atoms with Gasteiger partial charge in [0.15, 0.2) is 5.13 Å². The topological polar surface area (TPSA) is 24.9 Å². The molecule has 1 aromatic carbocycles. The van der Waals surface area contributed by atoms with Crippen LogP contribution in [0.15, 0.2) is 29.8 Å². The van der Waals surface area contributed by atoms with Gasteiger partial charge in [0, 0.05) is 22.3 Å². The minimum Gasteiger partial charge on any atom is -0.331 e. The fourth-order valence-electron chi connectivity index (χ4n) is 1.14. The highest BCUT2D eigenvalue weighted by Gasteiger charge is 2.02. The van der Waals surface area contributed by atoms with Crippen molar-refractivity contribution < 1.29 is 0 Å². The Morgan fingerprint density at radius 2 is 2.29 bits per heavy atom. The van der Waals surface area contributed by atoms with Crippen LogP contribution in [-0.2, 0) is 0 Å². The van der Waals surface area contributed by atoms with Gasteiger partial charge in [-0.15, -0.1) is 11.3 Å². The molecule has 2 rings (SSSR count). The maximum absolute atomic E-state index is 6.00. The molecule has 0 unspecified atom stereocenters. The largest absolute Gasteiger partial charge is 0.331 e. The summed E-state index contributed by atoms with van der Waals surface area (Å²) >= 11 is 7.56. The van der Waals surface area contributed by atoms with Gasteiger partial charge in [-0.2, -0.15) is 0 Å². The highest BCUT2D eigenvalue weighted by atomic mass is 35.5. The Hall–Kier alpha value is -1.06. The van der Waals surface area contributed by atoms with Crippen molar-refractivity contribution in [3.63, 3.8) is 0 Å². The van der Waals surface area contributed by atoms with E-state index in [1.54, 1.807) is 17.5 Å². The highest BCUT2D eigenvalue weighted by molar-refractivity contribution is 7.13. The molecule has 0 saturated carbocycles. The average Bonchev–Trinajstić information content (AvgIpc) is 2.66. The van der Waals surface area contributed by atoms with Crippen LogP contribution >= 0.6 is 22.9 Å². The summed E-state index contributed by atoms with van der Waals surface area (Å²) in [5.41, 5.74) is 2.05. The molecule has 0 radical (unpaired) electrons. The molecule has 2 nitrogen and oxygen atoms in total. The van der Waals surface area contributed by atoms with Crippen LogP contribution in [0.1, 0.15) is 5.56 Å². The van der Waals surface area contributed by atoms with E-state index in [1.807, 2.05) is 30.5 Å². The molecule has 0 saturated heterocycles. The molecule has 14 heavy (non-hydrogen) atoms. The lowest BCUT2D eigenvalue weighted by Crippen LogP contribution is -1.92. The predicted octanol–water partition coefficient (Wildman–Crippen LogP) is 3.85. The Bertz CT molecular complexity index is 426. The quantitative estimate of drug-likeness (QED) is 0.838. The number of rotatable bonds is 2. The number of nitrogens with one attached hydrogen (secondary N) is 1. The Labute approximate surface area is 91.6 Å². The Morgan fingerprint density at radius 1 is 1.43 bits per heavy atom. The Balaban J connectivity index is 2.29. The number of halogens is 1. The summed E-state index contributed by atoms with van der Waals surface area (Å²) in [6.07, 6.45) is 1.77. The number of hydrogen-bond acceptors (Lipinski definition) is 3. The van der Waals surface area contributed by atoms with Crippen molar-refractivity contribution in [1.82, 2.24) is 4.98 Å². The molecule has 1 heterocycles. The molecule has 0 amide bonds. The maximum Gasteiger partial charge on any atom is 0.187 e. The van der Waals surface area contributed by atoms with Gasteiger partial charge in [-0.25, -0.2) is 4.98 Å². The zero-order valence-electron chi connectivity index (χ0n) is 7.62. The number of nitrogens with zero attached hydrogens (tertiary/aromatic N) is 1. The van der Waals surface area contributed by atoms with E-state index in [-0.39, 0.29) is 0 Å². The van der Waals surface area contributed by atoms with Crippen molar-refractivity contribution in [2.75, 3.05) is 5.32 Å². The second-order valence-corrected chi connectivity index (χ2v) is 4.18. The molecule has 0 spiro atoms. The first-order chi connectivity index (χ1) is 6.77. The number of anilines is 2. The molecule has 4 heteroatoms. The van der Waals surface area contributed by atoms with Crippen molar-refractivity contribution in [2.45, 2.75) is 6.92 Å². The molecule has 2 aromatic rings. The van der Waals surface area contributed by atoms with Crippen LogP contribution < -0.4 is 5.32 Å². The molecule has 0 aliphatic heterocycles. The van der Waals surface area contributed by atoms with Crippen molar-refractivity contribution in [3.05, 3.63) is 40.4 Å². The smallest absolute Gasteiger partial charge is 0.187 e. The van der Waals surface area contributed by atoms with Crippen LogP contribution in [0.5, 0.6) is 0 Å². The monoisotopic (exact) mass is 224 g/mol. The molecular formula is C10H9ClN2S. The lowest BCUT2D eigenvalue weighted by Gasteiger charge is -2.07. The summed E-state index contributed by atoms with van der Waals surface area (Å²) in [4.78, 5) is 4.15. The molecule has 0 aliphatic rings. The van der Waals surface area contributed by atoms with E-state index in [1.165, 1.54) is 0 Å². The van der Waals surface area contributed by atoms with E-state index in [0.717, 1.165) is 21.4 Å². The van der Waals surface area contributed by atoms with Crippen LogP contribution in [0.3, 0.4) is 0 Å². The Kier molecular flexibility index (Phi) is 2.70. The van der Waals surface area contributed by atoms with Gasteiger partial charge in [-0.1, -0.05) is 17.7 Å². The van der Waals surface area contributed by atoms with Gasteiger partial charge in [0.2, 0.25) is 0 Å². The molecule has 0 atom stereocenters. The molecule has 0 aliphatic carbocycles. The first-order valence-corrected chi connectivity index (χ1v) is 5.45. The third-order valence-corrected chi connectivity index (χ3v) is 3.04. The molecular weight excluding hydrogens is 216 g/mol. The van der Waals surface area contributed by atoms with E-state index in [2.05, 4.69) is 10.3 Å². The molecule has 1 aromatic heterocycles. The normalized spacial score (nSPS) is 10.1. The summed E-state index contributed by atoms with van der Waals surface area (Å²) in [6.45, 7) is 1.98. The first kappa shape index (κ1) is 9.49. The molecule has 0 fully saturated rings. The van der Waals surface area contributed by atoms with Crippen LogP contribution in [0.2, 0.25) is 5.02 Å². The first-order valence-electron chi connectivity index (χ1n) is 4.19. The second-order valence-electron chi connectivity index (χ2n) is 2.87. The SMILES string of the molecule is Cc1c(Cl)cccc1Nc1nccs1. The summed E-state index contributed by atoms with van der Waals surface area (Å²) in [7, 11) is 0. The van der Waals surface area contributed by atoms with Crippen LogP contribution in [0.25, 0.3) is 0 Å². The molecule has 0 bridgehead atoms. The van der Waals surface area contributed by atoms with Crippen molar-refractivity contribution in [3.8, 4) is 0 Å². The van der Waals surface area contributed by atoms with Crippen molar-refractivity contribution >= 4 is 33.8 Å². The predicted molar refractivity (Wildman–Crippen MR) is 61.6 cm³/mol. The summed E-state index contributed by atoms with van der Waals surface area (Å²) in [6, 6.07) is 5.79. The fraction of sp³-hybridized carbons (Fsp3) is 0.100. The average molecular weight is 225 g/mol. The number of aromatic nitrogens is 1. The third-order valence-electron chi connectivity index (χ3n) is 1.94. The minimum atomic E-state index is 0.770. The summed E-state index contributed by atoms with van der Waals surface area (Å²) in [5.74, 6) is 0. The number of benzene rings is 1. The van der Waals surface area contributed by atoms with E-state index < -0.39 is 0 Å². The van der Waals surface area contributed by atoms with E-state index in [4.69, 9.17) is 11.6 Å². The van der Waals surface area contributed by atoms with Crippen molar-refractivity contribution in [2.24, 2.45) is 0 Å². The molecule has 72 valence electrons. The lowest BCUT2D eigenvalue weighted by atomic mass is 10.2. The Morgan fingerprint density at radius 3 is 3.00 bits per heavy atom. The number of hydrogen-bond donors (Lipinski definition) is 1. The van der Waals surface area contributed by atoms with Gasteiger partial charge in [-0.05, 0) is 24.6 Å². The van der Waals surface area contributed by atoms with Crippen LogP contribution in [0.4, 0.5) is 10.8 Å². The van der Waals surface area contributed by atoms with Crippen molar-refractivity contribution in [1.29, 1.82) is 0 Å². The van der Waals surface area contributed by atoms with E-state index in [0.29, 0.717) is 0 Å². The number of thiazole rings is 1. The van der Waals surface area contributed by atoms with Crippen LogP contribution in [0, 0.1) is 6.92 Å². The van der Waals surface area contributed by atoms with E-state index >= 15 is 0 Å². The van der Waals surface area contributed by atoms with Gasteiger partial charge in [0.05, 0.1) is 0 Å². The standard InChI is InChI=1S/C10H9ClN2S/c1-7-8(11)3-2-4-9(7)13-10-12-5-6-14-10/h2-6H,1H3,(H,12,13). The fourth-order valence-corrected chi connectivity index (χ4v) is 1.86. The summed E-state index contributed by atoms with van der Waals surface area (Å²) in [5, 5.41) is 6.80. The summed E-state index contributed by atoms with van der Waals surface area (Å²) < 4.78 is 0.